The van der Waals surface area contributed by atoms with Gasteiger partial charge < -0.3 is 4.90 Å². The summed E-state index contributed by atoms with van der Waals surface area (Å²) in [5.41, 5.74) is 1.36. The molecular weight excluding hydrogens is 388 g/mol. The molecule has 1 unspecified atom stereocenters. The molecule has 2 aromatic heterocycles. The standard InChI is InChI=1S/C25H26N4O2/c1-3-17(2)27-11-13-28(14-12-27)24(30)20-9-6-10-29-23(20)26-22-16-19-8-5-4-7-18(19)15-21(22)25(29)31/h4-10,15-17H,3,11-14H2,1-2H3. The van der Waals surface area contributed by atoms with Gasteiger partial charge in [-0.25, -0.2) is 4.98 Å². The Morgan fingerprint density at radius 2 is 1.74 bits per heavy atom. The highest BCUT2D eigenvalue weighted by molar-refractivity contribution is 6.02. The third-order valence-corrected chi connectivity index (χ3v) is 6.55. The quantitative estimate of drug-likeness (QED) is 0.481. The van der Waals surface area contributed by atoms with Crippen LogP contribution < -0.4 is 5.56 Å². The minimum atomic E-state index is -0.151. The number of pyridine rings is 1. The van der Waals surface area contributed by atoms with E-state index in [4.69, 9.17) is 4.98 Å². The van der Waals surface area contributed by atoms with Crippen LogP contribution in [0, 0.1) is 0 Å². The molecule has 0 bridgehead atoms. The number of carbonyl (C=O) groups excluding carboxylic acids is 1. The van der Waals surface area contributed by atoms with Gasteiger partial charge in [-0.15, -0.1) is 0 Å². The first kappa shape index (κ1) is 19.7. The minimum Gasteiger partial charge on any atom is -0.336 e. The zero-order valence-electron chi connectivity index (χ0n) is 17.9. The van der Waals surface area contributed by atoms with E-state index in [1.807, 2.05) is 41.3 Å². The summed E-state index contributed by atoms with van der Waals surface area (Å²) in [6.07, 6.45) is 2.79. The molecule has 1 aliphatic heterocycles. The van der Waals surface area contributed by atoms with E-state index in [1.165, 1.54) is 4.40 Å². The summed E-state index contributed by atoms with van der Waals surface area (Å²) < 4.78 is 1.50. The molecule has 1 fully saturated rings. The van der Waals surface area contributed by atoms with Crippen molar-refractivity contribution in [3.8, 4) is 0 Å². The highest BCUT2D eigenvalue weighted by Gasteiger charge is 2.26. The first-order valence-electron chi connectivity index (χ1n) is 10.9. The monoisotopic (exact) mass is 414 g/mol. The number of hydrogen-bond donors (Lipinski definition) is 0. The molecule has 3 heterocycles. The van der Waals surface area contributed by atoms with Gasteiger partial charge in [-0.3, -0.25) is 18.9 Å². The Morgan fingerprint density at radius 3 is 2.45 bits per heavy atom. The van der Waals surface area contributed by atoms with Gasteiger partial charge in [0.15, 0.2) is 5.65 Å². The molecule has 4 aromatic rings. The SMILES string of the molecule is CCC(C)N1CCN(C(=O)c2cccn3c(=O)c4cc5ccccc5cc4nc23)CC1. The maximum atomic E-state index is 13.4. The van der Waals surface area contributed by atoms with Crippen LogP contribution in [0.2, 0.25) is 0 Å². The predicted octanol–water partition coefficient (Wildman–Crippen LogP) is 3.56. The third kappa shape index (κ3) is 3.37. The van der Waals surface area contributed by atoms with E-state index in [2.05, 4.69) is 18.7 Å². The molecule has 1 saturated heterocycles. The maximum absolute atomic E-state index is 13.4. The third-order valence-electron chi connectivity index (χ3n) is 6.55. The number of piperazine rings is 1. The van der Waals surface area contributed by atoms with Crippen molar-refractivity contribution in [2.24, 2.45) is 0 Å². The Hall–Kier alpha value is -3.25. The highest BCUT2D eigenvalue weighted by Crippen LogP contribution is 2.21. The minimum absolute atomic E-state index is 0.0612. The lowest BCUT2D eigenvalue weighted by atomic mass is 10.1. The Bertz CT molecular complexity index is 1350. The lowest BCUT2D eigenvalue weighted by Crippen LogP contribution is -2.51. The summed E-state index contributed by atoms with van der Waals surface area (Å²) >= 11 is 0. The summed E-state index contributed by atoms with van der Waals surface area (Å²) in [7, 11) is 0. The van der Waals surface area contributed by atoms with Crippen LogP contribution in [-0.2, 0) is 0 Å². The van der Waals surface area contributed by atoms with Gasteiger partial charge in [0, 0.05) is 38.4 Å². The van der Waals surface area contributed by atoms with E-state index in [1.54, 1.807) is 18.3 Å². The fourth-order valence-electron chi connectivity index (χ4n) is 4.48. The van der Waals surface area contributed by atoms with Gasteiger partial charge in [-0.05, 0) is 48.4 Å². The molecule has 1 atom stereocenters. The van der Waals surface area contributed by atoms with E-state index in [9.17, 15) is 9.59 Å². The number of benzene rings is 2. The number of aromatic nitrogens is 2. The van der Waals surface area contributed by atoms with E-state index in [0.717, 1.165) is 30.3 Å². The summed E-state index contributed by atoms with van der Waals surface area (Å²) in [4.78, 5) is 35.7. The number of rotatable bonds is 3. The number of hydrogen-bond acceptors (Lipinski definition) is 4. The lowest BCUT2D eigenvalue weighted by Gasteiger charge is -2.37. The van der Waals surface area contributed by atoms with Crippen LogP contribution >= 0.6 is 0 Å². The molecule has 31 heavy (non-hydrogen) atoms. The molecule has 1 aliphatic rings. The van der Waals surface area contributed by atoms with E-state index in [0.29, 0.717) is 41.2 Å². The summed E-state index contributed by atoms with van der Waals surface area (Å²) in [5, 5.41) is 2.58. The summed E-state index contributed by atoms with van der Waals surface area (Å²) in [6.45, 7) is 7.53. The van der Waals surface area contributed by atoms with Crippen molar-refractivity contribution in [2.45, 2.75) is 26.3 Å². The van der Waals surface area contributed by atoms with E-state index in [-0.39, 0.29) is 11.5 Å². The van der Waals surface area contributed by atoms with Gasteiger partial charge in [0.2, 0.25) is 0 Å². The van der Waals surface area contributed by atoms with Crippen molar-refractivity contribution < 1.29 is 4.79 Å². The largest absolute Gasteiger partial charge is 0.336 e. The molecule has 0 radical (unpaired) electrons. The fraction of sp³-hybridized carbons (Fsp3) is 0.320. The van der Waals surface area contributed by atoms with Crippen molar-refractivity contribution in [3.05, 3.63) is 70.6 Å². The molecular formula is C25H26N4O2. The van der Waals surface area contributed by atoms with Crippen molar-refractivity contribution in [3.63, 3.8) is 0 Å². The molecule has 1 amide bonds. The van der Waals surface area contributed by atoms with Gasteiger partial charge in [0.1, 0.15) is 0 Å². The van der Waals surface area contributed by atoms with Crippen molar-refractivity contribution in [2.75, 3.05) is 26.2 Å². The second kappa shape index (κ2) is 7.78. The average Bonchev–Trinajstić information content (AvgIpc) is 2.82. The Kier molecular flexibility index (Phi) is 4.94. The zero-order chi connectivity index (χ0) is 21.5. The van der Waals surface area contributed by atoms with Crippen molar-refractivity contribution in [1.29, 1.82) is 0 Å². The van der Waals surface area contributed by atoms with Crippen LogP contribution in [0.3, 0.4) is 0 Å². The smallest absolute Gasteiger partial charge is 0.265 e. The molecule has 158 valence electrons. The first-order chi connectivity index (χ1) is 15.1. The molecule has 0 aliphatic carbocycles. The summed E-state index contributed by atoms with van der Waals surface area (Å²) in [6, 6.07) is 15.8. The number of nitrogens with zero attached hydrogens (tertiary/aromatic N) is 4. The van der Waals surface area contributed by atoms with Crippen LogP contribution in [0.15, 0.2) is 59.5 Å². The maximum Gasteiger partial charge on any atom is 0.265 e. The number of fused-ring (bicyclic) bond motifs is 3. The van der Waals surface area contributed by atoms with Crippen molar-refractivity contribution >= 4 is 33.2 Å². The normalized spacial score (nSPS) is 16.3. The lowest BCUT2D eigenvalue weighted by molar-refractivity contribution is 0.0581. The van der Waals surface area contributed by atoms with E-state index >= 15 is 0 Å². The van der Waals surface area contributed by atoms with Gasteiger partial charge in [-0.1, -0.05) is 31.2 Å². The van der Waals surface area contributed by atoms with Gasteiger partial charge in [0.05, 0.1) is 16.5 Å². The van der Waals surface area contributed by atoms with Crippen LogP contribution in [0.4, 0.5) is 0 Å². The Balaban J connectivity index is 1.57. The molecule has 6 heteroatoms. The topological polar surface area (TPSA) is 57.9 Å². The second-order valence-electron chi connectivity index (χ2n) is 8.33. The molecule has 2 aromatic carbocycles. The van der Waals surface area contributed by atoms with Crippen LogP contribution in [-0.4, -0.2) is 57.3 Å². The average molecular weight is 415 g/mol. The van der Waals surface area contributed by atoms with Gasteiger partial charge in [-0.2, -0.15) is 0 Å². The van der Waals surface area contributed by atoms with Crippen LogP contribution in [0.5, 0.6) is 0 Å². The van der Waals surface area contributed by atoms with E-state index < -0.39 is 0 Å². The van der Waals surface area contributed by atoms with Crippen molar-refractivity contribution in [1.82, 2.24) is 19.2 Å². The molecule has 0 N–H and O–H groups in total. The zero-order valence-corrected chi connectivity index (χ0v) is 17.9. The van der Waals surface area contributed by atoms with Crippen LogP contribution in [0.25, 0.3) is 27.3 Å². The van der Waals surface area contributed by atoms with Gasteiger partial charge >= 0.3 is 0 Å². The predicted molar refractivity (Wildman–Crippen MR) is 124 cm³/mol. The number of amides is 1. The second-order valence-corrected chi connectivity index (χ2v) is 8.33. The molecule has 5 rings (SSSR count). The highest BCUT2D eigenvalue weighted by atomic mass is 16.2. The first-order valence-corrected chi connectivity index (χ1v) is 10.9. The number of carbonyl (C=O) groups is 1. The Morgan fingerprint density at radius 1 is 1.03 bits per heavy atom. The summed E-state index contributed by atoms with van der Waals surface area (Å²) in [5.74, 6) is -0.0612. The van der Waals surface area contributed by atoms with Crippen LogP contribution in [0.1, 0.15) is 30.6 Å². The van der Waals surface area contributed by atoms with Gasteiger partial charge in [0.25, 0.3) is 11.5 Å². The fourth-order valence-corrected chi connectivity index (χ4v) is 4.48. The molecule has 0 saturated carbocycles. The molecule has 6 nitrogen and oxygen atoms in total. The molecule has 0 spiro atoms. The Labute approximate surface area is 180 Å².